The fourth-order valence-corrected chi connectivity index (χ4v) is 2.20. The summed E-state index contributed by atoms with van der Waals surface area (Å²) in [6.45, 7) is 7.11. The smallest absolute Gasteiger partial charge is 0.336 e. The summed E-state index contributed by atoms with van der Waals surface area (Å²) in [6.07, 6.45) is 1.78. The number of esters is 1. The van der Waals surface area contributed by atoms with Crippen LogP contribution in [0.1, 0.15) is 31.9 Å². The third-order valence-corrected chi connectivity index (χ3v) is 3.63. The Morgan fingerprint density at radius 1 is 1.41 bits per heavy atom. The number of nitrogens with one attached hydrogen (secondary N) is 1. The Hall–Kier alpha value is -2.32. The van der Waals surface area contributed by atoms with Gasteiger partial charge in [-0.25, -0.2) is 10.2 Å². The second-order valence-electron chi connectivity index (χ2n) is 5.77. The predicted octanol–water partition coefficient (Wildman–Crippen LogP) is 2.25. The van der Waals surface area contributed by atoms with Gasteiger partial charge in [-0.2, -0.15) is 5.26 Å². The van der Waals surface area contributed by atoms with E-state index in [1.54, 1.807) is 13.1 Å². The number of hydrazine groups is 1. The second kappa shape index (κ2) is 6.63. The van der Waals surface area contributed by atoms with Gasteiger partial charge in [0.2, 0.25) is 0 Å². The zero-order valence-electron chi connectivity index (χ0n) is 13.2. The first kappa shape index (κ1) is 16.1. The number of hydrogen-bond donors (Lipinski definition) is 1. The van der Waals surface area contributed by atoms with E-state index in [4.69, 9.17) is 10.00 Å². The van der Waals surface area contributed by atoms with Gasteiger partial charge in [-0.3, -0.25) is 0 Å². The lowest BCUT2D eigenvalue weighted by molar-refractivity contribution is -0.138. The number of benzene rings is 1. The van der Waals surface area contributed by atoms with Crippen LogP contribution in [0.3, 0.4) is 0 Å². The minimum atomic E-state index is -0.485. The molecule has 22 heavy (non-hydrogen) atoms. The molecule has 0 unspecified atom stereocenters. The minimum Gasteiger partial charge on any atom is -0.463 e. The van der Waals surface area contributed by atoms with Crippen molar-refractivity contribution in [1.82, 2.24) is 10.4 Å². The van der Waals surface area contributed by atoms with Crippen LogP contribution in [-0.2, 0) is 21.5 Å². The van der Waals surface area contributed by atoms with Gasteiger partial charge < -0.3 is 9.75 Å². The molecule has 5 nitrogen and oxygen atoms in total. The van der Waals surface area contributed by atoms with Crippen LogP contribution in [0, 0.1) is 11.3 Å². The molecule has 0 fully saturated rings. The molecule has 0 radical (unpaired) electrons. The van der Waals surface area contributed by atoms with Crippen LogP contribution in [0.15, 0.2) is 36.0 Å². The van der Waals surface area contributed by atoms with Crippen molar-refractivity contribution in [3.63, 3.8) is 0 Å². The molecule has 0 aliphatic carbocycles. The summed E-state index contributed by atoms with van der Waals surface area (Å²) in [7, 11) is 0. The number of nitriles is 1. The fourth-order valence-electron chi connectivity index (χ4n) is 2.20. The monoisotopic (exact) mass is 299 g/mol. The van der Waals surface area contributed by atoms with Crippen molar-refractivity contribution in [2.24, 2.45) is 0 Å². The lowest BCUT2D eigenvalue weighted by Gasteiger charge is -2.18. The van der Waals surface area contributed by atoms with Crippen LogP contribution in [-0.4, -0.2) is 24.1 Å². The van der Waals surface area contributed by atoms with Crippen LogP contribution >= 0.6 is 0 Å². The van der Waals surface area contributed by atoms with E-state index in [0.717, 1.165) is 11.1 Å². The van der Waals surface area contributed by atoms with Crippen LogP contribution in [0.4, 0.5) is 0 Å². The van der Waals surface area contributed by atoms with Crippen molar-refractivity contribution in [2.75, 3.05) is 13.2 Å². The summed E-state index contributed by atoms with van der Waals surface area (Å²) in [6, 6.07) is 10.3. The van der Waals surface area contributed by atoms with Crippen LogP contribution in [0.2, 0.25) is 0 Å². The van der Waals surface area contributed by atoms with Gasteiger partial charge in [0.1, 0.15) is 0 Å². The zero-order valence-corrected chi connectivity index (χ0v) is 13.2. The van der Waals surface area contributed by atoms with E-state index in [1.165, 1.54) is 0 Å². The zero-order chi connectivity index (χ0) is 16.2. The molecular formula is C17H21N3O2. The van der Waals surface area contributed by atoms with Gasteiger partial charge in [0.05, 0.1) is 30.2 Å². The van der Waals surface area contributed by atoms with Crippen molar-refractivity contribution in [3.8, 4) is 6.07 Å². The number of ether oxygens (including phenoxy) is 1. The summed E-state index contributed by atoms with van der Waals surface area (Å²) in [5.74, 6) is -0.274. The molecule has 1 heterocycles. The van der Waals surface area contributed by atoms with Crippen LogP contribution < -0.4 is 5.43 Å². The van der Waals surface area contributed by atoms with Crippen LogP contribution in [0.5, 0.6) is 0 Å². The molecule has 0 amide bonds. The maximum Gasteiger partial charge on any atom is 0.336 e. The Balaban J connectivity index is 2.01. The summed E-state index contributed by atoms with van der Waals surface area (Å²) < 4.78 is 4.99. The second-order valence-corrected chi connectivity index (χ2v) is 5.77. The summed E-state index contributed by atoms with van der Waals surface area (Å²) in [5.41, 5.74) is 5.38. The highest BCUT2D eigenvalue weighted by atomic mass is 16.5. The van der Waals surface area contributed by atoms with Crippen LogP contribution in [0.25, 0.3) is 0 Å². The average molecular weight is 299 g/mol. The van der Waals surface area contributed by atoms with Crippen molar-refractivity contribution in [2.45, 2.75) is 32.7 Å². The average Bonchev–Trinajstić information content (AvgIpc) is 2.97. The van der Waals surface area contributed by atoms with E-state index in [0.29, 0.717) is 25.3 Å². The fraction of sp³-hybridized carbons (Fsp3) is 0.412. The first-order valence-corrected chi connectivity index (χ1v) is 7.35. The molecule has 0 spiro atoms. The number of rotatable bonds is 5. The molecule has 0 atom stereocenters. The number of nitrogens with zero attached hydrogens (tertiary/aromatic N) is 2. The summed E-state index contributed by atoms with van der Waals surface area (Å²) in [4.78, 5) is 11.6. The Morgan fingerprint density at radius 3 is 2.68 bits per heavy atom. The van der Waals surface area contributed by atoms with Crippen molar-refractivity contribution in [1.29, 1.82) is 5.26 Å². The molecule has 0 saturated heterocycles. The largest absolute Gasteiger partial charge is 0.463 e. The summed E-state index contributed by atoms with van der Waals surface area (Å²) in [5, 5.41) is 11.0. The number of carbonyl (C=O) groups excluding carboxylic acids is 1. The third kappa shape index (κ3) is 3.66. The molecule has 1 N–H and O–H groups in total. The lowest BCUT2D eigenvalue weighted by Crippen LogP contribution is -2.28. The highest BCUT2D eigenvalue weighted by Crippen LogP contribution is 2.22. The van der Waals surface area contributed by atoms with E-state index < -0.39 is 5.41 Å². The maximum atomic E-state index is 11.6. The SMILES string of the molecule is CCOC(=O)C1=CN(Cc2ccc(C(C)(C)C#N)cc2)NC1. The molecule has 1 aliphatic heterocycles. The van der Waals surface area contributed by atoms with Gasteiger partial charge >= 0.3 is 5.97 Å². The molecule has 5 heteroatoms. The Morgan fingerprint density at radius 2 is 2.09 bits per heavy atom. The molecule has 0 aromatic heterocycles. The minimum absolute atomic E-state index is 0.274. The van der Waals surface area contributed by atoms with E-state index in [-0.39, 0.29) is 5.97 Å². The molecular weight excluding hydrogens is 278 g/mol. The van der Waals surface area contributed by atoms with E-state index >= 15 is 0 Å². The van der Waals surface area contributed by atoms with Crippen molar-refractivity contribution >= 4 is 5.97 Å². The maximum absolute atomic E-state index is 11.6. The van der Waals surface area contributed by atoms with E-state index in [9.17, 15) is 4.79 Å². The van der Waals surface area contributed by atoms with Gasteiger partial charge in [-0.1, -0.05) is 24.3 Å². The standard InChI is InChI=1S/C17H21N3O2/c1-4-22-16(21)14-9-19-20(11-14)10-13-5-7-15(8-6-13)17(2,3)12-18/h5-8,11,19H,4,9-10H2,1-3H3. The van der Waals surface area contributed by atoms with Crippen molar-refractivity contribution < 1.29 is 9.53 Å². The molecule has 116 valence electrons. The molecule has 2 rings (SSSR count). The highest BCUT2D eigenvalue weighted by molar-refractivity contribution is 5.89. The highest BCUT2D eigenvalue weighted by Gasteiger charge is 2.21. The van der Waals surface area contributed by atoms with Gasteiger partial charge in [0.25, 0.3) is 0 Å². The quantitative estimate of drug-likeness (QED) is 0.845. The molecule has 0 bridgehead atoms. The first-order chi connectivity index (χ1) is 10.5. The van der Waals surface area contributed by atoms with E-state index in [1.807, 2.05) is 43.1 Å². The van der Waals surface area contributed by atoms with E-state index in [2.05, 4.69) is 11.5 Å². The molecule has 1 aliphatic rings. The van der Waals surface area contributed by atoms with Gasteiger partial charge in [-0.15, -0.1) is 0 Å². The topological polar surface area (TPSA) is 65.4 Å². The first-order valence-electron chi connectivity index (χ1n) is 7.35. The molecule has 0 saturated carbocycles. The summed E-state index contributed by atoms with van der Waals surface area (Å²) >= 11 is 0. The lowest BCUT2D eigenvalue weighted by atomic mass is 9.86. The Bertz CT molecular complexity index is 612. The normalized spacial score (nSPS) is 14.5. The number of hydrogen-bond acceptors (Lipinski definition) is 5. The van der Waals surface area contributed by atoms with Gasteiger partial charge in [-0.05, 0) is 31.9 Å². The molecule has 1 aromatic carbocycles. The third-order valence-electron chi connectivity index (χ3n) is 3.63. The number of carbonyl (C=O) groups is 1. The Labute approximate surface area is 131 Å². The van der Waals surface area contributed by atoms with Crippen molar-refractivity contribution in [3.05, 3.63) is 47.2 Å². The van der Waals surface area contributed by atoms with Gasteiger partial charge in [0.15, 0.2) is 0 Å². The predicted molar refractivity (Wildman–Crippen MR) is 83.3 cm³/mol. The van der Waals surface area contributed by atoms with Gasteiger partial charge in [0, 0.05) is 12.7 Å². The Kier molecular flexibility index (Phi) is 4.84. The molecule has 1 aromatic rings.